The van der Waals surface area contributed by atoms with Crippen molar-refractivity contribution in [1.82, 2.24) is 15.3 Å². The van der Waals surface area contributed by atoms with Crippen LogP contribution in [0.5, 0.6) is 0 Å². The van der Waals surface area contributed by atoms with Gasteiger partial charge < -0.3 is 5.32 Å². The Labute approximate surface area is 134 Å². The quantitative estimate of drug-likeness (QED) is 0.810. The number of carbonyl (C=O) groups excluding carboxylic acids is 3. The smallest absolute Gasteiger partial charge is 0.311 e. The lowest BCUT2D eigenvalue weighted by atomic mass is 9.82. The number of benzene rings is 1. The van der Waals surface area contributed by atoms with Crippen molar-refractivity contribution in [2.24, 2.45) is 0 Å². The molecular weight excluding hydrogens is 294 g/mol. The molecule has 1 aromatic rings. The van der Waals surface area contributed by atoms with Gasteiger partial charge in [0.2, 0.25) is 0 Å². The Bertz CT molecular complexity index is 746. The first-order valence-corrected chi connectivity index (χ1v) is 7.50. The summed E-state index contributed by atoms with van der Waals surface area (Å²) < 4.78 is 0. The van der Waals surface area contributed by atoms with Gasteiger partial charge in [0.1, 0.15) is 0 Å². The van der Waals surface area contributed by atoms with Crippen LogP contribution >= 0.6 is 0 Å². The van der Waals surface area contributed by atoms with Gasteiger partial charge in [-0.05, 0) is 17.0 Å². The molecule has 0 radical (unpaired) electrons. The summed E-state index contributed by atoms with van der Waals surface area (Å²) in [5, 5.41) is 4.67. The summed E-state index contributed by atoms with van der Waals surface area (Å²) in [7, 11) is 0. The molecule has 23 heavy (non-hydrogen) atoms. The number of nitrogens with one attached hydrogen (secondary N) is 1. The van der Waals surface area contributed by atoms with Gasteiger partial charge in [0.05, 0.1) is 17.7 Å². The molecule has 2 aliphatic heterocycles. The highest BCUT2D eigenvalue weighted by Gasteiger charge is 2.44. The molecule has 4 amide bonds. The summed E-state index contributed by atoms with van der Waals surface area (Å²) in [6.07, 6.45) is 0.491. The van der Waals surface area contributed by atoms with Crippen LogP contribution in [-0.2, 0) is 5.41 Å². The van der Waals surface area contributed by atoms with E-state index in [2.05, 4.69) is 11.9 Å². The number of nitrogens with zero attached hydrogens (tertiary/aromatic N) is 2. The maximum Gasteiger partial charge on any atom is 0.340 e. The third-order valence-corrected chi connectivity index (χ3v) is 4.09. The Morgan fingerprint density at radius 1 is 1.13 bits per heavy atom. The topological polar surface area (TPSA) is 69.7 Å². The molecule has 1 saturated heterocycles. The van der Waals surface area contributed by atoms with Crippen molar-refractivity contribution in [2.75, 3.05) is 6.54 Å². The summed E-state index contributed by atoms with van der Waals surface area (Å²) >= 11 is 0. The number of hydrogen-bond donors (Lipinski definition) is 1. The second-order valence-electron chi connectivity index (χ2n) is 6.81. The maximum absolute atomic E-state index is 12.9. The van der Waals surface area contributed by atoms with Crippen LogP contribution < -0.4 is 5.32 Å². The first-order valence-electron chi connectivity index (χ1n) is 7.50. The number of hydrazine groups is 1. The highest BCUT2D eigenvalue weighted by Crippen LogP contribution is 2.34. The van der Waals surface area contributed by atoms with E-state index in [0.29, 0.717) is 23.2 Å². The summed E-state index contributed by atoms with van der Waals surface area (Å²) in [6.45, 7) is 9.91. The summed E-state index contributed by atoms with van der Waals surface area (Å²) in [5.74, 6) is -0.906. The van der Waals surface area contributed by atoms with E-state index < -0.39 is 17.8 Å². The Morgan fingerprint density at radius 3 is 2.43 bits per heavy atom. The standard InChI is InChI=1S/C17H19N3O3/c1-10-8-9-19(16(23)18-10)20-14(21)11-6-5-7-12(17(2,3)4)13(11)15(20)22/h5-7H,1,8-9H2,2-4H3,(H,18,23). The molecule has 0 aliphatic carbocycles. The van der Waals surface area contributed by atoms with Gasteiger partial charge in [-0.15, -0.1) is 0 Å². The third kappa shape index (κ3) is 2.30. The zero-order valence-corrected chi connectivity index (χ0v) is 13.5. The Balaban J connectivity index is 2.05. The molecule has 2 aliphatic rings. The zero-order valence-electron chi connectivity index (χ0n) is 13.5. The first-order chi connectivity index (χ1) is 10.7. The lowest BCUT2D eigenvalue weighted by Crippen LogP contribution is -2.56. The van der Waals surface area contributed by atoms with Crippen molar-refractivity contribution < 1.29 is 14.4 Å². The normalized spacial score (nSPS) is 18.4. The molecule has 3 rings (SSSR count). The van der Waals surface area contributed by atoms with Gasteiger partial charge in [-0.2, -0.15) is 5.01 Å². The fraction of sp³-hybridized carbons (Fsp3) is 0.353. The molecule has 2 heterocycles. The minimum absolute atomic E-state index is 0.251. The zero-order chi connectivity index (χ0) is 16.9. The van der Waals surface area contributed by atoms with E-state index in [9.17, 15) is 14.4 Å². The molecule has 0 atom stereocenters. The number of fused-ring (bicyclic) bond motifs is 1. The van der Waals surface area contributed by atoms with E-state index >= 15 is 0 Å². The average molecular weight is 313 g/mol. The van der Waals surface area contributed by atoms with Crippen LogP contribution in [0, 0.1) is 0 Å². The Hall–Kier alpha value is -2.63. The highest BCUT2D eigenvalue weighted by molar-refractivity contribution is 6.22. The minimum atomic E-state index is -0.506. The van der Waals surface area contributed by atoms with Crippen molar-refractivity contribution in [1.29, 1.82) is 0 Å². The third-order valence-electron chi connectivity index (χ3n) is 4.09. The van der Waals surface area contributed by atoms with Gasteiger partial charge in [0.15, 0.2) is 0 Å². The SMILES string of the molecule is C=C1CCN(N2C(=O)c3cccc(C(C)(C)C)c3C2=O)C(=O)N1. The predicted molar refractivity (Wildman–Crippen MR) is 84.6 cm³/mol. The molecule has 0 saturated carbocycles. The van der Waals surface area contributed by atoms with Crippen LogP contribution in [0.25, 0.3) is 0 Å². The molecule has 1 aromatic carbocycles. The molecule has 6 heteroatoms. The number of rotatable bonds is 1. The Kier molecular flexibility index (Phi) is 3.28. The predicted octanol–water partition coefficient (Wildman–Crippen LogP) is 2.42. The monoisotopic (exact) mass is 313 g/mol. The molecular formula is C17H19N3O3. The van der Waals surface area contributed by atoms with Gasteiger partial charge in [-0.1, -0.05) is 39.5 Å². The van der Waals surface area contributed by atoms with Crippen molar-refractivity contribution in [3.8, 4) is 0 Å². The van der Waals surface area contributed by atoms with E-state index in [4.69, 9.17) is 0 Å². The molecule has 0 aromatic heterocycles. The van der Waals surface area contributed by atoms with Crippen molar-refractivity contribution in [2.45, 2.75) is 32.6 Å². The van der Waals surface area contributed by atoms with Crippen molar-refractivity contribution in [3.05, 3.63) is 47.2 Å². The second-order valence-corrected chi connectivity index (χ2v) is 6.81. The van der Waals surface area contributed by atoms with Gasteiger partial charge in [0.25, 0.3) is 11.8 Å². The van der Waals surface area contributed by atoms with E-state index in [1.807, 2.05) is 26.8 Å². The van der Waals surface area contributed by atoms with Crippen LogP contribution in [0.1, 0.15) is 53.5 Å². The lowest BCUT2D eigenvalue weighted by molar-refractivity contribution is 0.0161. The molecule has 0 bridgehead atoms. The van der Waals surface area contributed by atoms with Gasteiger partial charge in [0, 0.05) is 12.1 Å². The number of hydrogen-bond acceptors (Lipinski definition) is 3. The summed E-state index contributed by atoms with van der Waals surface area (Å²) in [6, 6.07) is 4.75. The minimum Gasteiger partial charge on any atom is -0.311 e. The number of urea groups is 1. The van der Waals surface area contributed by atoms with Crippen molar-refractivity contribution >= 4 is 17.8 Å². The molecule has 120 valence electrons. The Morgan fingerprint density at radius 2 is 1.83 bits per heavy atom. The van der Waals surface area contributed by atoms with E-state index in [1.165, 1.54) is 0 Å². The largest absolute Gasteiger partial charge is 0.340 e. The lowest BCUT2D eigenvalue weighted by Gasteiger charge is -2.33. The average Bonchev–Trinajstić information content (AvgIpc) is 2.71. The first kappa shape index (κ1) is 15.3. The van der Waals surface area contributed by atoms with E-state index in [-0.39, 0.29) is 12.0 Å². The highest BCUT2D eigenvalue weighted by atomic mass is 16.2. The van der Waals surface area contributed by atoms with E-state index in [1.54, 1.807) is 12.1 Å². The molecule has 1 fully saturated rings. The summed E-state index contributed by atoms with van der Waals surface area (Å²) in [5.41, 5.74) is 1.84. The molecule has 1 N–H and O–H groups in total. The van der Waals surface area contributed by atoms with E-state index in [0.717, 1.165) is 15.6 Å². The number of amides is 4. The molecule has 0 spiro atoms. The van der Waals surface area contributed by atoms with Crippen LogP contribution in [0.3, 0.4) is 0 Å². The van der Waals surface area contributed by atoms with Gasteiger partial charge in [-0.25, -0.2) is 9.80 Å². The molecule has 6 nitrogen and oxygen atoms in total. The van der Waals surface area contributed by atoms with Crippen LogP contribution in [0.15, 0.2) is 30.5 Å². The fourth-order valence-electron chi connectivity index (χ4n) is 2.93. The number of carbonyl (C=O) groups is 3. The molecule has 0 unspecified atom stereocenters. The second kappa shape index (κ2) is 4.94. The number of imide groups is 1. The van der Waals surface area contributed by atoms with Crippen molar-refractivity contribution in [3.63, 3.8) is 0 Å². The fourth-order valence-corrected chi connectivity index (χ4v) is 2.93. The van der Waals surface area contributed by atoms with Gasteiger partial charge >= 0.3 is 6.03 Å². The van der Waals surface area contributed by atoms with Crippen LogP contribution in [0.4, 0.5) is 4.79 Å². The summed E-state index contributed by atoms with van der Waals surface area (Å²) in [4.78, 5) is 37.7. The van der Waals surface area contributed by atoms with Gasteiger partial charge in [-0.3, -0.25) is 9.59 Å². The van der Waals surface area contributed by atoms with Crippen LogP contribution in [-0.4, -0.2) is 34.4 Å². The van der Waals surface area contributed by atoms with Crippen LogP contribution in [0.2, 0.25) is 0 Å². The maximum atomic E-state index is 12.9.